The van der Waals surface area contributed by atoms with Crippen LogP contribution in [0.25, 0.3) is 22.0 Å². The zero-order valence-electron chi connectivity index (χ0n) is 22.4. The minimum absolute atomic E-state index is 0.0724. The quantitative estimate of drug-likeness (QED) is 0.320. The number of nitrogens with one attached hydrogen (secondary N) is 2. The highest BCUT2D eigenvalue weighted by Gasteiger charge is 2.56. The van der Waals surface area contributed by atoms with Crippen molar-refractivity contribution in [1.29, 1.82) is 0 Å². The number of rotatable bonds is 6. The van der Waals surface area contributed by atoms with Crippen molar-refractivity contribution in [2.75, 3.05) is 7.05 Å². The molecule has 6 rings (SSSR count). The summed E-state index contributed by atoms with van der Waals surface area (Å²) in [5.41, 5.74) is 5.51. The summed E-state index contributed by atoms with van der Waals surface area (Å²) in [4.78, 5) is 29.5. The van der Waals surface area contributed by atoms with Gasteiger partial charge in [-0.05, 0) is 77.5 Å². The van der Waals surface area contributed by atoms with Gasteiger partial charge in [0.25, 0.3) is 11.8 Å². The second-order valence-corrected chi connectivity index (χ2v) is 12.4. The van der Waals surface area contributed by atoms with Crippen LogP contribution in [0, 0.1) is 10.8 Å². The number of carbonyl (C=O) groups excluding carboxylic acids is 2. The highest BCUT2D eigenvalue weighted by molar-refractivity contribution is 6.36. The van der Waals surface area contributed by atoms with Crippen molar-refractivity contribution < 1.29 is 9.59 Å². The molecule has 39 heavy (non-hydrogen) atoms. The third-order valence-electron chi connectivity index (χ3n) is 8.23. The third-order valence-corrected chi connectivity index (χ3v) is 8.56. The molecule has 0 bridgehead atoms. The van der Waals surface area contributed by atoms with Crippen molar-refractivity contribution in [3.8, 4) is 11.1 Å². The van der Waals surface area contributed by atoms with Crippen molar-refractivity contribution in [2.45, 2.75) is 52.1 Å². The van der Waals surface area contributed by atoms with E-state index in [0.29, 0.717) is 33.7 Å². The Kier molecular flexibility index (Phi) is 6.22. The molecule has 8 heteroatoms. The van der Waals surface area contributed by atoms with Gasteiger partial charge in [-0.3, -0.25) is 19.3 Å². The van der Waals surface area contributed by atoms with Crippen molar-refractivity contribution >= 4 is 34.3 Å². The largest absolute Gasteiger partial charge is 0.354 e. The molecule has 2 aliphatic rings. The number of fused-ring (bicyclic) bond motifs is 1. The van der Waals surface area contributed by atoms with E-state index in [1.807, 2.05) is 35.0 Å². The molecule has 0 radical (unpaired) electrons. The number of nitrogens with zero attached hydrogens (tertiary/aromatic N) is 3. The van der Waals surface area contributed by atoms with Crippen LogP contribution in [0.2, 0.25) is 5.02 Å². The predicted molar refractivity (Wildman–Crippen MR) is 153 cm³/mol. The first-order chi connectivity index (χ1) is 18.7. The Labute approximate surface area is 233 Å². The van der Waals surface area contributed by atoms with E-state index in [4.69, 9.17) is 11.6 Å². The molecule has 2 aromatic carbocycles. The average Bonchev–Trinajstić information content (AvgIpc) is 3.31. The van der Waals surface area contributed by atoms with Gasteiger partial charge in [0, 0.05) is 24.7 Å². The Hall–Kier alpha value is -3.71. The summed E-state index contributed by atoms with van der Waals surface area (Å²) in [6, 6.07) is 15.5. The monoisotopic (exact) mass is 541 g/mol. The number of benzene rings is 2. The molecule has 0 saturated heterocycles. The van der Waals surface area contributed by atoms with Crippen LogP contribution in [0.15, 0.2) is 60.9 Å². The van der Waals surface area contributed by atoms with Crippen LogP contribution in [0.3, 0.4) is 0 Å². The van der Waals surface area contributed by atoms with Crippen LogP contribution in [-0.4, -0.2) is 39.7 Å². The van der Waals surface area contributed by atoms with Crippen molar-refractivity contribution in [1.82, 2.24) is 25.4 Å². The second kappa shape index (κ2) is 9.49. The lowest BCUT2D eigenvalue weighted by Gasteiger charge is -2.61. The van der Waals surface area contributed by atoms with Gasteiger partial charge in [0.15, 0.2) is 0 Å². The van der Waals surface area contributed by atoms with Gasteiger partial charge in [-0.2, -0.15) is 5.10 Å². The van der Waals surface area contributed by atoms with Gasteiger partial charge in [-0.25, -0.2) is 0 Å². The normalized spacial score (nSPS) is 17.4. The molecule has 2 aliphatic carbocycles. The third kappa shape index (κ3) is 4.80. The van der Waals surface area contributed by atoms with Crippen molar-refractivity contribution in [2.24, 2.45) is 10.8 Å². The number of carbonyl (C=O) groups is 2. The van der Waals surface area contributed by atoms with E-state index in [0.717, 1.165) is 40.4 Å². The zero-order chi connectivity index (χ0) is 27.4. The van der Waals surface area contributed by atoms with Crippen LogP contribution >= 0.6 is 11.6 Å². The number of amides is 2. The molecule has 200 valence electrons. The number of pyridine rings is 1. The molecule has 2 fully saturated rings. The van der Waals surface area contributed by atoms with E-state index in [1.165, 1.54) is 12.8 Å². The Morgan fingerprint density at radius 2 is 1.77 bits per heavy atom. The Balaban J connectivity index is 1.20. The summed E-state index contributed by atoms with van der Waals surface area (Å²) in [6.45, 7) is 5.14. The van der Waals surface area contributed by atoms with Gasteiger partial charge >= 0.3 is 0 Å². The topological polar surface area (TPSA) is 88.9 Å². The van der Waals surface area contributed by atoms with Gasteiger partial charge in [-0.1, -0.05) is 49.7 Å². The number of halogens is 1. The molecule has 1 spiro atoms. The van der Waals surface area contributed by atoms with Gasteiger partial charge in [0.05, 0.1) is 28.8 Å². The zero-order valence-corrected chi connectivity index (χ0v) is 23.2. The van der Waals surface area contributed by atoms with Crippen LogP contribution in [0.1, 0.15) is 65.9 Å². The van der Waals surface area contributed by atoms with Crippen molar-refractivity contribution in [3.05, 3.63) is 82.8 Å². The van der Waals surface area contributed by atoms with Crippen LogP contribution in [-0.2, 0) is 6.54 Å². The number of hydrogen-bond donors (Lipinski definition) is 2. The van der Waals surface area contributed by atoms with E-state index in [2.05, 4.69) is 34.6 Å². The van der Waals surface area contributed by atoms with E-state index < -0.39 is 0 Å². The van der Waals surface area contributed by atoms with E-state index >= 15 is 0 Å². The van der Waals surface area contributed by atoms with Crippen LogP contribution < -0.4 is 10.6 Å². The fourth-order valence-electron chi connectivity index (χ4n) is 6.93. The van der Waals surface area contributed by atoms with E-state index in [1.54, 1.807) is 37.6 Å². The molecule has 2 saturated carbocycles. The summed E-state index contributed by atoms with van der Waals surface area (Å²) < 4.78 is 1.85. The maximum Gasteiger partial charge on any atom is 0.269 e. The Morgan fingerprint density at radius 3 is 2.46 bits per heavy atom. The molecular formula is C31H32ClN5O2. The lowest BCUT2D eigenvalue weighted by molar-refractivity contribution is -0.0917. The fraction of sp³-hybridized carbons (Fsp3) is 0.355. The fourth-order valence-corrected chi connectivity index (χ4v) is 7.13. The Bertz CT molecular complexity index is 1570. The molecule has 4 aromatic rings. The summed E-state index contributed by atoms with van der Waals surface area (Å²) >= 11 is 6.50. The SMILES string of the molecule is CNC(=O)c1cc(-c2ccc(Cn3ncc4c(Cl)ccc(C(=O)NC5CC6(C5)CC(C)(C)C6)c43)cc2)ccn1. The highest BCUT2D eigenvalue weighted by Crippen LogP contribution is 2.64. The lowest BCUT2D eigenvalue weighted by Crippen LogP contribution is -2.58. The lowest BCUT2D eigenvalue weighted by atomic mass is 9.45. The molecule has 7 nitrogen and oxygen atoms in total. The molecule has 2 N–H and O–H groups in total. The summed E-state index contributed by atoms with van der Waals surface area (Å²) in [5, 5.41) is 11.8. The minimum Gasteiger partial charge on any atom is -0.354 e. The minimum atomic E-state index is -0.221. The van der Waals surface area contributed by atoms with Gasteiger partial charge in [0.2, 0.25) is 0 Å². The molecule has 2 heterocycles. The predicted octanol–water partition coefficient (Wildman–Crippen LogP) is 5.86. The first-order valence-electron chi connectivity index (χ1n) is 13.4. The standard InChI is InChI=1S/C31H32ClN5O2/c1-30(2)17-31(18-30)13-22(14-31)36-28(38)23-8-9-25(32)24-15-35-37(27(23)24)16-19-4-6-20(7-5-19)21-10-11-34-26(12-21)29(39)33-3/h4-12,15,22H,13-14,16-18H2,1-3H3,(H,33,39)(H,36,38). The maximum atomic E-state index is 13.4. The van der Waals surface area contributed by atoms with Crippen molar-refractivity contribution in [3.63, 3.8) is 0 Å². The summed E-state index contributed by atoms with van der Waals surface area (Å²) in [5.74, 6) is -0.293. The van der Waals surface area contributed by atoms with Crippen LogP contribution in [0.5, 0.6) is 0 Å². The molecule has 0 unspecified atom stereocenters. The summed E-state index contributed by atoms with van der Waals surface area (Å²) in [6.07, 6.45) is 7.99. The maximum absolute atomic E-state index is 13.4. The molecule has 2 aromatic heterocycles. The second-order valence-electron chi connectivity index (χ2n) is 12.0. The average molecular weight is 542 g/mol. The number of aromatic nitrogens is 3. The van der Waals surface area contributed by atoms with E-state index in [-0.39, 0.29) is 17.9 Å². The van der Waals surface area contributed by atoms with E-state index in [9.17, 15) is 9.59 Å². The van der Waals surface area contributed by atoms with Gasteiger partial charge in [-0.15, -0.1) is 0 Å². The molecule has 0 aliphatic heterocycles. The summed E-state index contributed by atoms with van der Waals surface area (Å²) in [7, 11) is 1.59. The molecule has 0 atom stereocenters. The van der Waals surface area contributed by atoms with Gasteiger partial charge in [0.1, 0.15) is 5.69 Å². The number of hydrogen-bond acceptors (Lipinski definition) is 4. The highest BCUT2D eigenvalue weighted by atomic mass is 35.5. The smallest absolute Gasteiger partial charge is 0.269 e. The Morgan fingerprint density at radius 1 is 1.03 bits per heavy atom. The first-order valence-corrected chi connectivity index (χ1v) is 13.8. The molecule has 2 amide bonds. The van der Waals surface area contributed by atoms with Gasteiger partial charge < -0.3 is 10.6 Å². The first kappa shape index (κ1) is 25.6. The van der Waals surface area contributed by atoms with Crippen LogP contribution in [0.4, 0.5) is 0 Å². The molecular weight excluding hydrogens is 510 g/mol.